The summed E-state index contributed by atoms with van der Waals surface area (Å²) >= 11 is 0. The molecular weight excluding hydrogens is 240 g/mol. The number of carbonyl (C=O) groups excluding carboxylic acids is 1. The van der Waals surface area contributed by atoms with E-state index in [9.17, 15) is 9.90 Å². The lowest BCUT2D eigenvalue weighted by Gasteiger charge is -2.06. The van der Waals surface area contributed by atoms with E-state index in [0.29, 0.717) is 12.1 Å². The molecule has 0 atom stereocenters. The average molecular weight is 256 g/mol. The van der Waals surface area contributed by atoms with Crippen molar-refractivity contribution in [1.29, 1.82) is 0 Å². The van der Waals surface area contributed by atoms with Crippen molar-refractivity contribution >= 4 is 5.91 Å². The molecular formula is C15H16N2O2. The number of aromatic hydroxyl groups is 1. The third-order valence-corrected chi connectivity index (χ3v) is 2.80. The van der Waals surface area contributed by atoms with Crippen LogP contribution in [0.3, 0.4) is 0 Å². The van der Waals surface area contributed by atoms with Crippen LogP contribution >= 0.6 is 0 Å². The van der Waals surface area contributed by atoms with Crippen LogP contribution in [0, 0.1) is 0 Å². The van der Waals surface area contributed by atoms with Gasteiger partial charge >= 0.3 is 0 Å². The van der Waals surface area contributed by atoms with Crippen molar-refractivity contribution < 1.29 is 9.90 Å². The van der Waals surface area contributed by atoms with Gasteiger partial charge in [0.15, 0.2) is 0 Å². The highest BCUT2D eigenvalue weighted by atomic mass is 16.3. The largest absolute Gasteiger partial charge is 0.508 e. The normalized spacial score (nSPS) is 10.1. The highest BCUT2D eigenvalue weighted by molar-refractivity contribution is 5.79. The van der Waals surface area contributed by atoms with Crippen molar-refractivity contribution in [3.63, 3.8) is 0 Å². The average Bonchev–Trinajstić information content (AvgIpc) is 2.43. The number of nitrogens with one attached hydrogen (secondary N) is 1. The first-order chi connectivity index (χ1) is 9.25. The van der Waals surface area contributed by atoms with Crippen molar-refractivity contribution in [2.24, 2.45) is 0 Å². The van der Waals surface area contributed by atoms with Crippen LogP contribution in [0.4, 0.5) is 0 Å². The lowest BCUT2D eigenvalue weighted by molar-refractivity contribution is -0.120. The first-order valence-corrected chi connectivity index (χ1v) is 6.18. The van der Waals surface area contributed by atoms with Crippen LogP contribution in [-0.4, -0.2) is 22.5 Å². The van der Waals surface area contributed by atoms with Crippen LogP contribution < -0.4 is 5.32 Å². The third-order valence-electron chi connectivity index (χ3n) is 2.80. The maximum atomic E-state index is 11.7. The molecule has 1 amide bonds. The van der Waals surface area contributed by atoms with Gasteiger partial charge in [0.2, 0.25) is 5.91 Å². The smallest absolute Gasteiger partial charge is 0.224 e. The number of hydrogen-bond acceptors (Lipinski definition) is 3. The molecule has 0 spiro atoms. The first kappa shape index (κ1) is 13.1. The number of phenolic OH excluding ortho intramolecular Hbond substituents is 1. The summed E-state index contributed by atoms with van der Waals surface area (Å²) in [6.07, 6.45) is 4.45. The summed E-state index contributed by atoms with van der Waals surface area (Å²) in [5, 5.41) is 12.4. The molecule has 2 rings (SSSR count). The zero-order valence-corrected chi connectivity index (χ0v) is 10.5. The Labute approximate surface area is 112 Å². The lowest BCUT2D eigenvalue weighted by atomic mass is 10.1. The first-order valence-electron chi connectivity index (χ1n) is 6.18. The van der Waals surface area contributed by atoms with E-state index in [1.807, 2.05) is 12.1 Å². The molecule has 98 valence electrons. The van der Waals surface area contributed by atoms with Gasteiger partial charge in [-0.25, -0.2) is 0 Å². The van der Waals surface area contributed by atoms with Crippen molar-refractivity contribution in [2.75, 3.05) is 6.54 Å². The molecule has 0 radical (unpaired) electrons. The van der Waals surface area contributed by atoms with Crippen LogP contribution in [0.5, 0.6) is 5.75 Å². The Morgan fingerprint density at radius 3 is 2.79 bits per heavy atom. The number of aromatic nitrogens is 1. The van der Waals surface area contributed by atoms with E-state index in [1.54, 1.807) is 36.7 Å². The molecule has 0 saturated carbocycles. The molecule has 1 aromatic heterocycles. The van der Waals surface area contributed by atoms with E-state index in [-0.39, 0.29) is 18.1 Å². The maximum Gasteiger partial charge on any atom is 0.224 e. The molecule has 0 aliphatic heterocycles. The number of benzene rings is 1. The fraction of sp³-hybridized carbons (Fsp3) is 0.200. The number of pyridine rings is 1. The van der Waals surface area contributed by atoms with Gasteiger partial charge in [-0.2, -0.15) is 0 Å². The Morgan fingerprint density at radius 2 is 2.05 bits per heavy atom. The molecule has 0 aliphatic carbocycles. The summed E-state index contributed by atoms with van der Waals surface area (Å²) < 4.78 is 0. The monoisotopic (exact) mass is 256 g/mol. The number of phenols is 1. The number of amides is 1. The summed E-state index contributed by atoms with van der Waals surface area (Å²) in [4.78, 5) is 15.7. The molecule has 2 N–H and O–H groups in total. The molecule has 19 heavy (non-hydrogen) atoms. The predicted molar refractivity (Wildman–Crippen MR) is 72.8 cm³/mol. The molecule has 0 aliphatic rings. The second kappa shape index (κ2) is 6.54. The van der Waals surface area contributed by atoms with E-state index in [4.69, 9.17) is 0 Å². The molecule has 1 aromatic carbocycles. The third kappa shape index (κ3) is 4.10. The van der Waals surface area contributed by atoms with Crippen molar-refractivity contribution in [1.82, 2.24) is 10.3 Å². The van der Waals surface area contributed by atoms with Gasteiger partial charge in [-0.3, -0.25) is 9.78 Å². The van der Waals surface area contributed by atoms with E-state index >= 15 is 0 Å². The SMILES string of the molecule is O=C(Cc1ccccc1O)NCCc1cccnc1. The van der Waals surface area contributed by atoms with E-state index in [2.05, 4.69) is 10.3 Å². The minimum absolute atomic E-state index is 0.0922. The van der Waals surface area contributed by atoms with E-state index in [0.717, 1.165) is 12.0 Å². The highest BCUT2D eigenvalue weighted by Crippen LogP contribution is 2.15. The van der Waals surface area contributed by atoms with Crippen molar-refractivity contribution in [2.45, 2.75) is 12.8 Å². The maximum absolute atomic E-state index is 11.7. The second-order valence-corrected chi connectivity index (χ2v) is 4.27. The number of hydrogen-bond donors (Lipinski definition) is 2. The predicted octanol–water partition coefficient (Wildman–Crippen LogP) is 1.69. The lowest BCUT2D eigenvalue weighted by Crippen LogP contribution is -2.27. The zero-order chi connectivity index (χ0) is 13.5. The summed E-state index contributed by atoms with van der Waals surface area (Å²) in [6.45, 7) is 0.568. The molecule has 0 bridgehead atoms. The minimum Gasteiger partial charge on any atom is -0.508 e. The molecule has 4 heteroatoms. The number of para-hydroxylation sites is 1. The quantitative estimate of drug-likeness (QED) is 0.855. The van der Waals surface area contributed by atoms with Gasteiger partial charge < -0.3 is 10.4 Å². The molecule has 0 saturated heterocycles. The van der Waals surface area contributed by atoms with Crippen LogP contribution in [-0.2, 0) is 17.6 Å². The molecule has 4 nitrogen and oxygen atoms in total. The summed E-state index contributed by atoms with van der Waals surface area (Å²) in [6, 6.07) is 10.7. The zero-order valence-electron chi connectivity index (χ0n) is 10.5. The van der Waals surface area contributed by atoms with Gasteiger partial charge in [0, 0.05) is 24.5 Å². The van der Waals surface area contributed by atoms with Crippen LogP contribution in [0.2, 0.25) is 0 Å². The van der Waals surface area contributed by atoms with Crippen molar-refractivity contribution in [3.05, 3.63) is 59.9 Å². The fourth-order valence-electron chi connectivity index (χ4n) is 1.79. The Hall–Kier alpha value is -2.36. The minimum atomic E-state index is -0.0922. The van der Waals surface area contributed by atoms with E-state index in [1.165, 1.54) is 0 Å². The van der Waals surface area contributed by atoms with Crippen LogP contribution in [0.25, 0.3) is 0 Å². The Morgan fingerprint density at radius 1 is 1.21 bits per heavy atom. The van der Waals surface area contributed by atoms with E-state index < -0.39 is 0 Å². The van der Waals surface area contributed by atoms with Gasteiger partial charge in [0.1, 0.15) is 5.75 Å². The molecule has 0 fully saturated rings. The number of carbonyl (C=O) groups is 1. The van der Waals surface area contributed by atoms with Gasteiger partial charge in [0.25, 0.3) is 0 Å². The van der Waals surface area contributed by atoms with Crippen LogP contribution in [0.1, 0.15) is 11.1 Å². The summed E-state index contributed by atoms with van der Waals surface area (Å²) in [5.74, 6) is 0.0651. The summed E-state index contributed by atoms with van der Waals surface area (Å²) in [5.41, 5.74) is 1.73. The van der Waals surface area contributed by atoms with Crippen molar-refractivity contribution in [3.8, 4) is 5.75 Å². The molecule has 1 heterocycles. The van der Waals surface area contributed by atoms with Gasteiger partial charge in [-0.1, -0.05) is 24.3 Å². The molecule has 0 unspecified atom stereocenters. The molecule has 2 aromatic rings. The van der Waals surface area contributed by atoms with Gasteiger partial charge in [0.05, 0.1) is 6.42 Å². The van der Waals surface area contributed by atoms with Gasteiger partial charge in [-0.05, 0) is 24.1 Å². The highest BCUT2D eigenvalue weighted by Gasteiger charge is 2.06. The topological polar surface area (TPSA) is 62.2 Å². The Kier molecular flexibility index (Phi) is 4.50. The Bertz CT molecular complexity index is 541. The fourth-order valence-corrected chi connectivity index (χ4v) is 1.79. The second-order valence-electron chi connectivity index (χ2n) is 4.27. The summed E-state index contributed by atoms with van der Waals surface area (Å²) in [7, 11) is 0. The van der Waals surface area contributed by atoms with Crippen LogP contribution in [0.15, 0.2) is 48.8 Å². The Balaban J connectivity index is 1.78. The standard InChI is InChI=1S/C15H16N2O2/c18-14-6-2-1-5-13(14)10-15(19)17-9-7-12-4-3-8-16-11-12/h1-6,8,11,18H,7,9-10H2,(H,17,19). The number of rotatable bonds is 5. The number of nitrogens with zero attached hydrogens (tertiary/aromatic N) is 1. The van der Waals surface area contributed by atoms with Gasteiger partial charge in [-0.15, -0.1) is 0 Å².